The van der Waals surface area contributed by atoms with E-state index in [1.807, 2.05) is 25.8 Å². The van der Waals surface area contributed by atoms with Gasteiger partial charge in [-0.2, -0.15) is 9.94 Å². The fraction of sp³-hybridized carbons (Fsp3) is 0.227. The highest BCUT2D eigenvalue weighted by Crippen LogP contribution is 2.39. The molecule has 0 saturated carbocycles. The molecule has 33 heavy (non-hydrogen) atoms. The van der Waals surface area contributed by atoms with Gasteiger partial charge < -0.3 is 9.47 Å². The second kappa shape index (κ2) is 9.90. The van der Waals surface area contributed by atoms with Gasteiger partial charge in [0.15, 0.2) is 11.6 Å². The molecule has 3 rings (SSSR count). The summed E-state index contributed by atoms with van der Waals surface area (Å²) in [5.74, 6) is 1.38. The van der Waals surface area contributed by atoms with E-state index in [2.05, 4.69) is 10.1 Å². The van der Waals surface area contributed by atoms with Crippen molar-refractivity contribution in [1.82, 2.24) is 14.8 Å². The maximum absolute atomic E-state index is 12.1. The number of halogens is 2. The molecule has 0 amide bonds. The number of hydrogen-bond acceptors (Lipinski definition) is 7. The van der Waals surface area contributed by atoms with Crippen LogP contribution in [0.5, 0.6) is 11.5 Å². The predicted octanol–water partition coefficient (Wildman–Crippen LogP) is 4.53. The van der Waals surface area contributed by atoms with E-state index in [0.717, 1.165) is 15.9 Å². The van der Waals surface area contributed by atoms with Gasteiger partial charge in [-0.3, -0.25) is 9.78 Å². The molecule has 1 heterocycles. The van der Waals surface area contributed by atoms with Gasteiger partial charge in [0.1, 0.15) is 11.8 Å². The quantitative estimate of drug-likeness (QED) is 0.416. The molecule has 0 fully saturated rings. The number of aliphatic imine (C=N–C) groups is 1. The van der Waals surface area contributed by atoms with Crippen molar-refractivity contribution < 1.29 is 9.47 Å². The lowest BCUT2D eigenvalue weighted by atomic mass is 10.1. The summed E-state index contributed by atoms with van der Waals surface area (Å²) in [6, 6.07) is 9.66. The molecule has 170 valence electrons. The Morgan fingerprint density at radius 2 is 1.88 bits per heavy atom. The van der Waals surface area contributed by atoms with E-state index in [1.54, 1.807) is 31.4 Å². The van der Waals surface area contributed by atoms with Crippen LogP contribution in [0.15, 0.2) is 44.9 Å². The average Bonchev–Trinajstić information content (AvgIpc) is 2.75. The van der Waals surface area contributed by atoms with E-state index in [1.165, 1.54) is 12.1 Å². The third-order valence-corrected chi connectivity index (χ3v) is 5.04. The Labute approximate surface area is 198 Å². The molecular formula is C22H19Cl2N5O4. The van der Waals surface area contributed by atoms with Gasteiger partial charge >= 0.3 is 5.69 Å². The summed E-state index contributed by atoms with van der Waals surface area (Å²) in [6.45, 7) is 5.86. The van der Waals surface area contributed by atoms with Gasteiger partial charge in [-0.15, -0.1) is 5.10 Å². The van der Waals surface area contributed by atoms with Crippen molar-refractivity contribution in [3.05, 3.63) is 72.5 Å². The maximum Gasteiger partial charge on any atom is 0.349 e. The van der Waals surface area contributed by atoms with Gasteiger partial charge in [-0.05, 0) is 42.8 Å². The second-order valence-corrected chi connectivity index (χ2v) is 8.04. The van der Waals surface area contributed by atoms with Crippen molar-refractivity contribution in [2.45, 2.75) is 20.8 Å². The zero-order valence-electron chi connectivity index (χ0n) is 18.1. The van der Waals surface area contributed by atoms with Crippen molar-refractivity contribution in [3.8, 4) is 23.3 Å². The summed E-state index contributed by atoms with van der Waals surface area (Å²) >= 11 is 12.7. The Hall–Kier alpha value is -3.61. The molecule has 0 aliphatic rings. The molecule has 0 aliphatic heterocycles. The molecule has 0 atom stereocenters. The minimum atomic E-state index is -0.884. The zero-order chi connectivity index (χ0) is 24.3. The standard InChI is InChI=1S/C22H19Cl2N5O4/c1-11(2)21(32-4)26-17-6-5-14(7-12(17)3)33-19-15(23)8-13(9-16(19)24)29-22(31)27-20(30)18(10-25)28-29/h5-9,11H,1-4H3,(H,27,30,31). The summed E-state index contributed by atoms with van der Waals surface area (Å²) in [4.78, 5) is 30.2. The summed E-state index contributed by atoms with van der Waals surface area (Å²) in [5.41, 5.74) is -0.475. The van der Waals surface area contributed by atoms with Crippen LogP contribution in [0.4, 0.5) is 5.69 Å². The number of ether oxygens (including phenoxy) is 2. The van der Waals surface area contributed by atoms with Gasteiger partial charge in [-0.1, -0.05) is 37.0 Å². The van der Waals surface area contributed by atoms with Crippen LogP contribution in [0.1, 0.15) is 25.1 Å². The number of benzene rings is 2. The number of hydrogen-bond donors (Lipinski definition) is 1. The topological polar surface area (TPSA) is 122 Å². The number of rotatable bonds is 5. The lowest BCUT2D eigenvalue weighted by molar-refractivity contribution is 0.375. The predicted molar refractivity (Wildman–Crippen MR) is 125 cm³/mol. The molecule has 1 aromatic heterocycles. The van der Waals surface area contributed by atoms with Crippen LogP contribution in [-0.4, -0.2) is 27.8 Å². The molecule has 1 N–H and O–H groups in total. The van der Waals surface area contributed by atoms with Crippen LogP contribution in [0.2, 0.25) is 10.0 Å². The number of aromatic amines is 1. The number of aromatic nitrogens is 3. The first-order valence-corrected chi connectivity index (χ1v) is 10.4. The third kappa shape index (κ3) is 5.25. The Balaban J connectivity index is 1.96. The molecular weight excluding hydrogens is 469 g/mol. The number of nitriles is 1. The Morgan fingerprint density at radius 1 is 1.21 bits per heavy atom. The molecule has 2 aromatic carbocycles. The van der Waals surface area contributed by atoms with Crippen molar-refractivity contribution in [3.63, 3.8) is 0 Å². The Morgan fingerprint density at radius 3 is 2.42 bits per heavy atom. The Bertz CT molecular complexity index is 1380. The highest BCUT2D eigenvalue weighted by molar-refractivity contribution is 6.37. The van der Waals surface area contributed by atoms with Crippen LogP contribution in [0.25, 0.3) is 5.69 Å². The van der Waals surface area contributed by atoms with Gasteiger partial charge in [0, 0.05) is 5.92 Å². The van der Waals surface area contributed by atoms with E-state index < -0.39 is 16.9 Å². The SMILES string of the molecule is COC(=Nc1ccc(Oc2c(Cl)cc(-n3nc(C#N)c(=O)[nH]c3=O)cc2Cl)cc1C)C(C)C. The van der Waals surface area contributed by atoms with E-state index in [9.17, 15) is 9.59 Å². The third-order valence-electron chi connectivity index (χ3n) is 4.48. The van der Waals surface area contributed by atoms with E-state index in [4.69, 9.17) is 37.9 Å². The minimum absolute atomic E-state index is 0.0946. The molecule has 0 bridgehead atoms. The van der Waals surface area contributed by atoms with Crippen molar-refractivity contribution in [1.29, 1.82) is 5.26 Å². The van der Waals surface area contributed by atoms with Gasteiger partial charge in [-0.25, -0.2) is 9.79 Å². The largest absolute Gasteiger partial charge is 0.484 e. The summed E-state index contributed by atoms with van der Waals surface area (Å²) in [6.07, 6.45) is 0. The van der Waals surface area contributed by atoms with Crippen LogP contribution < -0.4 is 16.0 Å². The van der Waals surface area contributed by atoms with Crippen LogP contribution in [0, 0.1) is 24.2 Å². The molecule has 0 saturated heterocycles. The minimum Gasteiger partial charge on any atom is -0.484 e. The number of H-pyrrole nitrogens is 1. The molecule has 0 aliphatic carbocycles. The first-order valence-electron chi connectivity index (χ1n) is 9.68. The van der Waals surface area contributed by atoms with Crippen molar-refractivity contribution in [2.75, 3.05) is 7.11 Å². The highest BCUT2D eigenvalue weighted by Gasteiger charge is 2.16. The molecule has 0 spiro atoms. The van der Waals surface area contributed by atoms with Crippen LogP contribution in [0.3, 0.4) is 0 Å². The average molecular weight is 488 g/mol. The number of methoxy groups -OCH3 is 1. The fourth-order valence-electron chi connectivity index (χ4n) is 2.88. The Kier molecular flexibility index (Phi) is 7.21. The van der Waals surface area contributed by atoms with Gasteiger partial charge in [0.2, 0.25) is 5.69 Å². The van der Waals surface area contributed by atoms with Gasteiger partial charge in [0.25, 0.3) is 5.56 Å². The highest BCUT2D eigenvalue weighted by atomic mass is 35.5. The molecule has 3 aromatic rings. The monoisotopic (exact) mass is 487 g/mol. The van der Waals surface area contributed by atoms with Crippen LogP contribution in [-0.2, 0) is 4.74 Å². The van der Waals surface area contributed by atoms with E-state index in [0.29, 0.717) is 11.6 Å². The fourth-order valence-corrected chi connectivity index (χ4v) is 3.43. The summed E-state index contributed by atoms with van der Waals surface area (Å²) in [7, 11) is 1.58. The molecule has 0 unspecified atom stereocenters. The molecule has 9 nitrogen and oxygen atoms in total. The molecule has 0 radical (unpaired) electrons. The second-order valence-electron chi connectivity index (χ2n) is 7.23. The van der Waals surface area contributed by atoms with Crippen LogP contribution >= 0.6 is 23.2 Å². The normalized spacial score (nSPS) is 11.4. The number of nitrogens with zero attached hydrogens (tertiary/aromatic N) is 4. The lowest BCUT2D eigenvalue weighted by Crippen LogP contribution is -2.33. The smallest absolute Gasteiger partial charge is 0.349 e. The number of aryl methyl sites for hydroxylation is 1. The van der Waals surface area contributed by atoms with Crippen molar-refractivity contribution >= 4 is 34.8 Å². The first kappa shape index (κ1) is 24.0. The maximum atomic E-state index is 12.1. The first-order chi connectivity index (χ1) is 15.6. The molecule has 11 heteroatoms. The number of nitrogens with one attached hydrogen (secondary N) is 1. The zero-order valence-corrected chi connectivity index (χ0v) is 19.7. The van der Waals surface area contributed by atoms with Crippen molar-refractivity contribution in [2.24, 2.45) is 10.9 Å². The summed E-state index contributed by atoms with van der Waals surface area (Å²) in [5, 5.41) is 12.9. The van der Waals surface area contributed by atoms with E-state index >= 15 is 0 Å². The van der Waals surface area contributed by atoms with Gasteiger partial charge in [0.05, 0.1) is 28.5 Å². The van der Waals surface area contributed by atoms with E-state index in [-0.39, 0.29) is 27.4 Å². The lowest BCUT2D eigenvalue weighted by Gasteiger charge is -2.13. The summed E-state index contributed by atoms with van der Waals surface area (Å²) < 4.78 is 12.0.